The van der Waals surface area contributed by atoms with E-state index in [-0.39, 0.29) is 0 Å². The lowest BCUT2D eigenvalue weighted by molar-refractivity contribution is -0.645. The number of nitrogens with zero attached hydrogens (tertiary/aromatic N) is 1. The zero-order valence-corrected chi connectivity index (χ0v) is 10.9. The Bertz CT molecular complexity index is 556. The second kappa shape index (κ2) is 5.02. The van der Waals surface area contributed by atoms with E-state index in [0.29, 0.717) is 5.25 Å². The van der Waals surface area contributed by atoms with Crippen molar-refractivity contribution in [2.75, 3.05) is 0 Å². The minimum atomic E-state index is 0.414. The van der Waals surface area contributed by atoms with Crippen LogP contribution in [0, 0.1) is 5.21 Å². The fraction of sp³-hybridized carbons (Fsp3) is 0.267. The fourth-order valence-electron chi connectivity index (χ4n) is 2.48. The molecule has 0 N–H and O–H groups in total. The van der Waals surface area contributed by atoms with Crippen molar-refractivity contribution < 1.29 is 4.73 Å². The van der Waals surface area contributed by atoms with Gasteiger partial charge in [0.1, 0.15) is 0 Å². The van der Waals surface area contributed by atoms with Crippen LogP contribution in [0.2, 0.25) is 0 Å². The Balaban J connectivity index is 1.89. The predicted molar refractivity (Wildman–Crippen MR) is 73.4 cm³/mol. The van der Waals surface area contributed by atoms with Crippen LogP contribution >= 0.6 is 11.8 Å². The highest BCUT2D eigenvalue weighted by Crippen LogP contribution is 2.42. The van der Waals surface area contributed by atoms with Gasteiger partial charge in [-0.2, -0.15) is 4.73 Å². The molecule has 1 aromatic heterocycles. The van der Waals surface area contributed by atoms with Gasteiger partial charge in [-0.15, -0.1) is 0 Å². The van der Waals surface area contributed by atoms with Gasteiger partial charge in [0.25, 0.3) is 5.03 Å². The van der Waals surface area contributed by atoms with Crippen molar-refractivity contribution in [3.63, 3.8) is 0 Å². The molecule has 1 aromatic carbocycles. The maximum Gasteiger partial charge on any atom is 0.251 e. The molecule has 0 fully saturated rings. The van der Waals surface area contributed by atoms with Gasteiger partial charge in [0, 0.05) is 17.4 Å². The summed E-state index contributed by atoms with van der Waals surface area (Å²) in [5.41, 5.74) is 2.84. The third-order valence-corrected chi connectivity index (χ3v) is 4.70. The van der Waals surface area contributed by atoms with Crippen LogP contribution in [0.15, 0.2) is 53.7 Å². The second-order valence-corrected chi connectivity index (χ2v) is 5.79. The largest absolute Gasteiger partial charge is 0.618 e. The zero-order chi connectivity index (χ0) is 12.4. The molecule has 0 spiro atoms. The van der Waals surface area contributed by atoms with Gasteiger partial charge >= 0.3 is 0 Å². The molecule has 1 aliphatic carbocycles. The van der Waals surface area contributed by atoms with Gasteiger partial charge in [-0.1, -0.05) is 24.3 Å². The molecule has 0 unspecified atom stereocenters. The van der Waals surface area contributed by atoms with Crippen LogP contribution in [0.4, 0.5) is 0 Å². The highest BCUT2D eigenvalue weighted by molar-refractivity contribution is 7.99. The molecule has 0 radical (unpaired) electrons. The molecular weight excluding hydrogens is 242 g/mol. The van der Waals surface area contributed by atoms with Crippen molar-refractivity contribution in [3.8, 4) is 0 Å². The average molecular weight is 257 g/mol. The van der Waals surface area contributed by atoms with Crippen molar-refractivity contribution >= 4 is 11.8 Å². The molecule has 2 aromatic rings. The van der Waals surface area contributed by atoms with Crippen molar-refractivity contribution in [3.05, 3.63) is 65.0 Å². The lowest BCUT2D eigenvalue weighted by Crippen LogP contribution is -2.28. The van der Waals surface area contributed by atoms with Crippen molar-refractivity contribution in [1.82, 2.24) is 0 Å². The number of pyridine rings is 1. The molecule has 18 heavy (non-hydrogen) atoms. The quantitative estimate of drug-likeness (QED) is 0.608. The summed E-state index contributed by atoms with van der Waals surface area (Å²) in [6.07, 6.45) is 5.09. The molecule has 2 nitrogen and oxygen atoms in total. The van der Waals surface area contributed by atoms with Crippen LogP contribution in [-0.2, 0) is 6.42 Å². The smallest absolute Gasteiger partial charge is 0.251 e. The molecule has 0 amide bonds. The Hall–Kier alpha value is -1.48. The first kappa shape index (κ1) is 11.6. The van der Waals surface area contributed by atoms with Gasteiger partial charge in [-0.05, 0) is 48.2 Å². The fourth-order valence-corrected chi connectivity index (χ4v) is 3.74. The first-order valence-corrected chi connectivity index (χ1v) is 7.15. The summed E-state index contributed by atoms with van der Waals surface area (Å²) < 4.78 is 0.960. The minimum absolute atomic E-state index is 0.414. The molecule has 0 saturated heterocycles. The van der Waals surface area contributed by atoms with E-state index in [0.717, 1.165) is 16.2 Å². The summed E-state index contributed by atoms with van der Waals surface area (Å²) in [4.78, 5) is 0. The Morgan fingerprint density at radius 1 is 1.11 bits per heavy atom. The van der Waals surface area contributed by atoms with Gasteiger partial charge < -0.3 is 5.21 Å². The number of aryl methyl sites for hydroxylation is 1. The van der Waals surface area contributed by atoms with E-state index in [4.69, 9.17) is 0 Å². The van der Waals surface area contributed by atoms with Crippen molar-refractivity contribution in [2.45, 2.75) is 29.5 Å². The molecule has 1 heterocycles. The van der Waals surface area contributed by atoms with E-state index in [9.17, 15) is 5.21 Å². The maximum absolute atomic E-state index is 11.7. The molecule has 0 bridgehead atoms. The van der Waals surface area contributed by atoms with E-state index in [2.05, 4.69) is 24.3 Å². The number of benzene rings is 1. The Morgan fingerprint density at radius 2 is 1.94 bits per heavy atom. The number of aromatic nitrogens is 1. The van der Waals surface area contributed by atoms with Crippen molar-refractivity contribution in [1.29, 1.82) is 0 Å². The van der Waals surface area contributed by atoms with Gasteiger partial charge in [-0.3, -0.25) is 0 Å². The normalized spacial score (nSPS) is 18.3. The van der Waals surface area contributed by atoms with E-state index in [1.807, 2.05) is 12.1 Å². The Morgan fingerprint density at radius 3 is 2.83 bits per heavy atom. The summed E-state index contributed by atoms with van der Waals surface area (Å²) in [6.45, 7) is 0. The Labute approximate surface area is 111 Å². The van der Waals surface area contributed by atoms with Crippen molar-refractivity contribution in [2.24, 2.45) is 0 Å². The molecule has 1 aliphatic rings. The monoisotopic (exact) mass is 257 g/mol. The zero-order valence-electron chi connectivity index (χ0n) is 10.1. The van der Waals surface area contributed by atoms with Crippen LogP contribution in [0.25, 0.3) is 0 Å². The van der Waals surface area contributed by atoms with Crippen LogP contribution in [-0.4, -0.2) is 0 Å². The molecule has 0 aliphatic heterocycles. The van der Waals surface area contributed by atoms with Gasteiger partial charge in [0.15, 0.2) is 6.20 Å². The first-order chi connectivity index (χ1) is 8.84. The number of rotatable bonds is 2. The molecule has 1 atom stereocenters. The number of hydrogen-bond donors (Lipinski definition) is 0. The topological polar surface area (TPSA) is 26.9 Å². The first-order valence-electron chi connectivity index (χ1n) is 6.27. The summed E-state index contributed by atoms with van der Waals surface area (Å²) in [5, 5.41) is 12.9. The van der Waals surface area contributed by atoms with Gasteiger partial charge in [0.2, 0.25) is 0 Å². The number of hydrogen-bond acceptors (Lipinski definition) is 2. The highest BCUT2D eigenvalue weighted by atomic mass is 32.2. The summed E-state index contributed by atoms with van der Waals surface area (Å²) in [5.74, 6) is 0. The van der Waals surface area contributed by atoms with Crippen LogP contribution in [0.3, 0.4) is 0 Å². The minimum Gasteiger partial charge on any atom is -0.618 e. The van der Waals surface area contributed by atoms with E-state index < -0.39 is 0 Å². The average Bonchev–Trinajstić information content (AvgIpc) is 2.42. The maximum atomic E-state index is 11.7. The third-order valence-electron chi connectivity index (χ3n) is 3.37. The summed E-state index contributed by atoms with van der Waals surface area (Å²) >= 11 is 1.68. The summed E-state index contributed by atoms with van der Waals surface area (Å²) in [7, 11) is 0. The lowest BCUT2D eigenvalue weighted by Gasteiger charge is -2.24. The third kappa shape index (κ3) is 2.23. The standard InChI is InChI=1S/C15H15NOS/c17-16-11-4-3-10-15(16)18-14-9-5-7-12-6-1-2-8-13(12)14/h1-4,6,8,10-11,14H,5,7,9H2/t14-/m1/s1. The van der Waals surface area contributed by atoms with E-state index >= 15 is 0 Å². The number of thioether (sulfide) groups is 1. The Kier molecular flexibility index (Phi) is 3.24. The van der Waals surface area contributed by atoms with E-state index in [1.165, 1.54) is 24.0 Å². The molecular formula is C15H15NOS. The highest BCUT2D eigenvalue weighted by Gasteiger charge is 2.23. The molecule has 0 saturated carbocycles. The SMILES string of the molecule is [O-][n+]1ccccc1S[C@@H]1CCCc2ccccc21. The van der Waals surface area contributed by atoms with Crippen LogP contribution < -0.4 is 4.73 Å². The molecule has 3 rings (SSSR count). The van der Waals surface area contributed by atoms with Gasteiger partial charge in [0.05, 0.1) is 0 Å². The van der Waals surface area contributed by atoms with Crippen LogP contribution in [0.1, 0.15) is 29.2 Å². The van der Waals surface area contributed by atoms with Crippen LogP contribution in [0.5, 0.6) is 0 Å². The lowest BCUT2D eigenvalue weighted by atomic mass is 9.91. The summed E-state index contributed by atoms with van der Waals surface area (Å²) in [6, 6.07) is 14.2. The number of fused-ring (bicyclic) bond motifs is 1. The second-order valence-electron chi connectivity index (χ2n) is 4.56. The predicted octanol–water partition coefficient (Wildman–Crippen LogP) is 3.49. The van der Waals surface area contributed by atoms with Gasteiger partial charge in [-0.25, -0.2) is 0 Å². The molecule has 3 heteroatoms. The van der Waals surface area contributed by atoms with E-state index in [1.54, 1.807) is 24.0 Å². The molecule has 92 valence electrons.